The molecule has 2 aromatic carbocycles. The van der Waals surface area contributed by atoms with Crippen LogP contribution in [0, 0.1) is 5.82 Å². The maximum Gasteiger partial charge on any atom is 0.124 e. The molecule has 0 unspecified atom stereocenters. The highest BCUT2D eigenvalue weighted by Crippen LogP contribution is 2.22. The fourth-order valence-electron chi connectivity index (χ4n) is 2.27. The van der Waals surface area contributed by atoms with Crippen LogP contribution in [0.5, 0.6) is 0 Å². The highest BCUT2D eigenvalue weighted by molar-refractivity contribution is 5.70. The summed E-state index contributed by atoms with van der Waals surface area (Å²) in [5, 5.41) is 12.2. The highest BCUT2D eigenvalue weighted by atomic mass is 19.1. The van der Waals surface area contributed by atoms with Gasteiger partial charge in [-0.05, 0) is 29.3 Å². The molecule has 0 saturated carbocycles. The predicted octanol–water partition coefficient (Wildman–Crippen LogP) is 4.69. The third-order valence-corrected chi connectivity index (χ3v) is 3.51. The molecule has 2 aromatic rings. The summed E-state index contributed by atoms with van der Waals surface area (Å²) < 4.78 is 19.0. The van der Waals surface area contributed by atoms with Gasteiger partial charge in [-0.2, -0.15) is 0 Å². The Hall–Kier alpha value is -2.85. The number of rotatable bonds is 9. The van der Waals surface area contributed by atoms with Crippen LogP contribution in [0.15, 0.2) is 73.5 Å². The second-order valence-corrected chi connectivity index (χ2v) is 5.47. The van der Waals surface area contributed by atoms with Gasteiger partial charge in [-0.25, -0.2) is 4.39 Å². The van der Waals surface area contributed by atoms with Crippen molar-refractivity contribution in [1.29, 1.82) is 0 Å². The summed E-state index contributed by atoms with van der Waals surface area (Å²) in [5.74, 6) is 0.495. The van der Waals surface area contributed by atoms with E-state index in [1.807, 2.05) is 30.3 Å². The van der Waals surface area contributed by atoms with E-state index < -0.39 is 0 Å². The van der Waals surface area contributed by atoms with Crippen LogP contribution in [0.2, 0.25) is 0 Å². The quantitative estimate of drug-likeness (QED) is 0.514. The van der Waals surface area contributed by atoms with Crippen LogP contribution in [0.3, 0.4) is 0 Å². The van der Waals surface area contributed by atoms with Crippen LogP contribution < -0.4 is 5.32 Å². The van der Waals surface area contributed by atoms with Gasteiger partial charge in [0.1, 0.15) is 18.2 Å². The minimum absolute atomic E-state index is 0.0775. The lowest BCUT2D eigenvalue weighted by atomic mass is 10.1. The smallest absolute Gasteiger partial charge is 0.124 e. The fraction of sp³-hybridized carbons (Fsp3) is 0.143. The van der Waals surface area contributed by atoms with E-state index in [4.69, 9.17) is 9.84 Å². The molecule has 4 heteroatoms. The summed E-state index contributed by atoms with van der Waals surface area (Å²) in [6.45, 7) is 8.41. The Morgan fingerprint density at radius 2 is 1.88 bits per heavy atom. The third kappa shape index (κ3) is 5.94. The second kappa shape index (κ2) is 9.45. The van der Waals surface area contributed by atoms with E-state index >= 15 is 0 Å². The van der Waals surface area contributed by atoms with Gasteiger partial charge in [0.05, 0.1) is 12.3 Å². The van der Waals surface area contributed by atoms with Crippen molar-refractivity contribution >= 4 is 11.8 Å². The summed E-state index contributed by atoms with van der Waals surface area (Å²) in [6.07, 6.45) is 3.67. The normalized spacial score (nSPS) is 11.2. The zero-order chi connectivity index (χ0) is 18.1. The topological polar surface area (TPSA) is 41.5 Å². The van der Waals surface area contributed by atoms with Crippen molar-refractivity contribution in [2.45, 2.75) is 6.61 Å². The van der Waals surface area contributed by atoms with Crippen molar-refractivity contribution in [3.63, 3.8) is 0 Å². The van der Waals surface area contributed by atoms with Crippen LogP contribution in [0.4, 0.5) is 4.39 Å². The molecule has 3 nitrogen and oxygen atoms in total. The molecule has 0 amide bonds. The van der Waals surface area contributed by atoms with Crippen molar-refractivity contribution < 1.29 is 14.2 Å². The molecule has 0 aliphatic rings. The summed E-state index contributed by atoms with van der Waals surface area (Å²) >= 11 is 0. The Balaban J connectivity index is 2.16. The molecule has 130 valence electrons. The lowest BCUT2D eigenvalue weighted by Gasteiger charge is -2.14. The van der Waals surface area contributed by atoms with Gasteiger partial charge >= 0.3 is 0 Å². The van der Waals surface area contributed by atoms with Crippen molar-refractivity contribution in [1.82, 2.24) is 5.32 Å². The minimum atomic E-state index is -0.273. The van der Waals surface area contributed by atoms with Crippen LogP contribution >= 0.6 is 0 Å². The van der Waals surface area contributed by atoms with Gasteiger partial charge in [0.15, 0.2) is 0 Å². The molecular formula is C21H22FNO2. The summed E-state index contributed by atoms with van der Waals surface area (Å²) in [6, 6.07) is 14.0. The molecule has 0 spiro atoms. The molecule has 0 radical (unpaired) electrons. The SMILES string of the molecule is C=Cc1ccccc1/C(=C/CNCC(=C)O)OCc1ccc(F)cc1. The van der Waals surface area contributed by atoms with Gasteiger partial charge in [-0.1, -0.05) is 55.6 Å². The Kier molecular flexibility index (Phi) is 6.99. The van der Waals surface area contributed by atoms with E-state index in [1.54, 1.807) is 18.2 Å². The van der Waals surface area contributed by atoms with Crippen LogP contribution in [0.25, 0.3) is 11.8 Å². The van der Waals surface area contributed by atoms with E-state index in [0.29, 0.717) is 25.5 Å². The summed E-state index contributed by atoms with van der Waals surface area (Å²) in [4.78, 5) is 0. The maximum absolute atomic E-state index is 13.0. The van der Waals surface area contributed by atoms with Crippen molar-refractivity contribution in [3.05, 3.63) is 96.0 Å². The van der Waals surface area contributed by atoms with Crippen molar-refractivity contribution in [2.24, 2.45) is 0 Å². The molecular weight excluding hydrogens is 317 g/mol. The Morgan fingerprint density at radius 3 is 2.56 bits per heavy atom. The molecule has 0 aliphatic carbocycles. The average molecular weight is 339 g/mol. The minimum Gasteiger partial charge on any atom is -0.512 e. The molecule has 0 aliphatic heterocycles. The first-order chi connectivity index (χ1) is 12.1. The average Bonchev–Trinajstić information content (AvgIpc) is 2.62. The van der Waals surface area contributed by atoms with Crippen molar-refractivity contribution in [3.8, 4) is 0 Å². The monoisotopic (exact) mass is 339 g/mol. The number of aliphatic hydroxyl groups excluding tert-OH is 1. The van der Waals surface area contributed by atoms with Crippen molar-refractivity contribution in [2.75, 3.05) is 13.1 Å². The lowest BCUT2D eigenvalue weighted by Crippen LogP contribution is -2.17. The van der Waals surface area contributed by atoms with Crippen LogP contribution in [0.1, 0.15) is 16.7 Å². The number of aliphatic hydroxyl groups is 1. The zero-order valence-corrected chi connectivity index (χ0v) is 14.0. The first-order valence-electron chi connectivity index (χ1n) is 7.97. The van der Waals surface area contributed by atoms with Gasteiger partial charge < -0.3 is 15.2 Å². The molecule has 0 bridgehead atoms. The number of hydrogen-bond acceptors (Lipinski definition) is 3. The Morgan fingerprint density at radius 1 is 1.16 bits per heavy atom. The highest BCUT2D eigenvalue weighted by Gasteiger charge is 2.07. The van der Waals surface area contributed by atoms with Gasteiger partial charge in [0.25, 0.3) is 0 Å². The molecule has 25 heavy (non-hydrogen) atoms. The molecule has 0 saturated heterocycles. The fourth-order valence-corrected chi connectivity index (χ4v) is 2.27. The van der Waals surface area contributed by atoms with Gasteiger partial charge in [0, 0.05) is 12.1 Å². The Bertz CT molecular complexity index is 751. The van der Waals surface area contributed by atoms with Crippen LogP contribution in [-0.4, -0.2) is 18.2 Å². The van der Waals surface area contributed by atoms with E-state index in [0.717, 1.165) is 16.7 Å². The molecule has 2 rings (SSSR count). The molecule has 0 aromatic heterocycles. The summed E-state index contributed by atoms with van der Waals surface area (Å²) in [5.41, 5.74) is 2.75. The number of hydrogen-bond donors (Lipinski definition) is 2. The van der Waals surface area contributed by atoms with Gasteiger partial charge in [-0.3, -0.25) is 0 Å². The number of benzene rings is 2. The van der Waals surface area contributed by atoms with E-state index in [9.17, 15) is 4.39 Å². The zero-order valence-electron chi connectivity index (χ0n) is 14.0. The van der Waals surface area contributed by atoms with Gasteiger partial charge in [0.2, 0.25) is 0 Å². The van der Waals surface area contributed by atoms with Gasteiger partial charge in [-0.15, -0.1) is 0 Å². The molecule has 0 atom stereocenters. The standard InChI is InChI=1S/C21H22FNO2/c1-3-18-6-4-5-7-20(18)21(12-13-23-14-16(2)24)25-15-17-8-10-19(22)11-9-17/h3-12,23-24H,1-2,13-15H2/b21-12-. The van der Waals surface area contributed by atoms with E-state index in [-0.39, 0.29) is 11.6 Å². The van der Waals surface area contributed by atoms with E-state index in [1.165, 1.54) is 12.1 Å². The molecule has 0 fully saturated rings. The second-order valence-electron chi connectivity index (χ2n) is 5.47. The largest absolute Gasteiger partial charge is 0.512 e. The third-order valence-electron chi connectivity index (χ3n) is 3.51. The maximum atomic E-state index is 13.0. The lowest BCUT2D eigenvalue weighted by molar-refractivity contribution is 0.263. The van der Waals surface area contributed by atoms with E-state index in [2.05, 4.69) is 18.5 Å². The Labute approximate surface area is 147 Å². The number of nitrogens with one attached hydrogen (secondary N) is 1. The molecule has 2 N–H and O–H groups in total. The summed E-state index contributed by atoms with van der Waals surface area (Å²) in [7, 11) is 0. The first-order valence-corrected chi connectivity index (χ1v) is 7.97. The first kappa shape index (κ1) is 18.5. The number of ether oxygens (including phenoxy) is 1. The predicted molar refractivity (Wildman–Crippen MR) is 100 cm³/mol. The van der Waals surface area contributed by atoms with Crippen LogP contribution in [-0.2, 0) is 11.3 Å². The number of halogens is 1. The molecule has 0 heterocycles.